The quantitative estimate of drug-likeness (QED) is 0.651. The van der Waals surface area contributed by atoms with E-state index in [9.17, 15) is 4.79 Å². The Bertz CT molecular complexity index is 199. The molecule has 0 radical (unpaired) electrons. The second-order valence-corrected chi connectivity index (χ2v) is 6.31. The molecule has 0 N–H and O–H groups in total. The first-order chi connectivity index (χ1) is 6.66. The van der Waals surface area contributed by atoms with Crippen LogP contribution in [0.5, 0.6) is 0 Å². The molecule has 0 amide bonds. The van der Waals surface area contributed by atoms with Gasteiger partial charge in [-0.3, -0.25) is 4.79 Å². The van der Waals surface area contributed by atoms with Crippen molar-refractivity contribution in [3.8, 4) is 0 Å². The highest BCUT2D eigenvalue weighted by Gasteiger charge is 2.26. The normalized spacial score (nSPS) is 12.7. The largest absolute Gasteiger partial charge is 0.465 e. The average molecular weight is 214 g/mol. The summed E-state index contributed by atoms with van der Waals surface area (Å²) in [7, 11) is 0. The molecule has 0 spiro atoms. The first-order valence-corrected chi connectivity index (χ1v) is 5.82. The summed E-state index contributed by atoms with van der Waals surface area (Å²) in [6, 6.07) is 0. The van der Waals surface area contributed by atoms with E-state index in [2.05, 4.69) is 34.6 Å². The van der Waals surface area contributed by atoms with Gasteiger partial charge < -0.3 is 4.74 Å². The van der Waals surface area contributed by atoms with Gasteiger partial charge in [-0.2, -0.15) is 0 Å². The molecule has 0 aliphatic rings. The van der Waals surface area contributed by atoms with Crippen LogP contribution >= 0.6 is 0 Å². The Morgan fingerprint density at radius 3 is 2.07 bits per heavy atom. The maximum Gasteiger partial charge on any atom is 0.305 e. The Labute approximate surface area is 94.4 Å². The summed E-state index contributed by atoms with van der Waals surface area (Å²) in [5.74, 6) is -0.0699. The molecule has 15 heavy (non-hydrogen) atoms. The van der Waals surface area contributed by atoms with E-state index in [1.54, 1.807) is 0 Å². The van der Waals surface area contributed by atoms with Gasteiger partial charge in [-0.15, -0.1) is 0 Å². The van der Waals surface area contributed by atoms with Gasteiger partial charge in [0.05, 0.1) is 6.61 Å². The molecule has 0 saturated carbocycles. The van der Waals surface area contributed by atoms with Crippen LogP contribution in [0.4, 0.5) is 0 Å². The SMILES string of the molecule is CCCC(=O)OCC(C)(C)CC(C)(C)C. The van der Waals surface area contributed by atoms with Crippen molar-refractivity contribution in [2.75, 3.05) is 6.61 Å². The summed E-state index contributed by atoms with van der Waals surface area (Å²) in [6.07, 6.45) is 2.45. The van der Waals surface area contributed by atoms with Crippen LogP contribution in [0.15, 0.2) is 0 Å². The third-order valence-electron chi connectivity index (χ3n) is 2.09. The van der Waals surface area contributed by atoms with E-state index < -0.39 is 0 Å². The fourth-order valence-electron chi connectivity index (χ4n) is 2.04. The molecule has 0 aromatic carbocycles. The molecule has 0 heterocycles. The lowest BCUT2D eigenvalue weighted by Gasteiger charge is -2.31. The third kappa shape index (κ3) is 8.46. The van der Waals surface area contributed by atoms with Crippen molar-refractivity contribution >= 4 is 5.97 Å². The minimum absolute atomic E-state index is 0.0699. The molecule has 0 bridgehead atoms. The first-order valence-electron chi connectivity index (χ1n) is 5.82. The van der Waals surface area contributed by atoms with Crippen molar-refractivity contribution in [1.29, 1.82) is 0 Å². The molecule has 2 heteroatoms. The minimum atomic E-state index is -0.0699. The van der Waals surface area contributed by atoms with E-state index in [0.717, 1.165) is 12.8 Å². The van der Waals surface area contributed by atoms with Crippen molar-refractivity contribution in [2.45, 2.75) is 60.8 Å². The van der Waals surface area contributed by atoms with Gasteiger partial charge in [-0.25, -0.2) is 0 Å². The molecule has 0 saturated heterocycles. The summed E-state index contributed by atoms with van der Waals surface area (Å²) < 4.78 is 5.25. The summed E-state index contributed by atoms with van der Waals surface area (Å²) in [5.41, 5.74) is 0.350. The number of rotatable bonds is 5. The molecule has 0 unspecified atom stereocenters. The molecule has 0 aliphatic heterocycles. The zero-order chi connectivity index (χ0) is 12.1. The molecular formula is C13H26O2. The molecule has 0 aromatic heterocycles. The maximum atomic E-state index is 11.2. The molecule has 2 nitrogen and oxygen atoms in total. The van der Waals surface area contributed by atoms with Crippen LogP contribution in [0.1, 0.15) is 60.8 Å². The molecule has 0 rings (SSSR count). The lowest BCUT2D eigenvalue weighted by molar-refractivity contribution is -0.147. The Kier molecular flexibility index (Phi) is 5.33. The Balaban J connectivity index is 3.99. The van der Waals surface area contributed by atoms with Gasteiger partial charge in [0.15, 0.2) is 0 Å². The van der Waals surface area contributed by atoms with Crippen molar-refractivity contribution in [3.05, 3.63) is 0 Å². The number of ether oxygens (including phenoxy) is 1. The van der Waals surface area contributed by atoms with Crippen molar-refractivity contribution < 1.29 is 9.53 Å². The zero-order valence-corrected chi connectivity index (χ0v) is 11.1. The average Bonchev–Trinajstić information content (AvgIpc) is 1.97. The standard InChI is InChI=1S/C13H26O2/c1-7-8-11(14)15-10-13(5,6)9-12(2,3)4/h7-10H2,1-6H3. The van der Waals surface area contributed by atoms with Gasteiger partial charge in [0, 0.05) is 6.42 Å². The van der Waals surface area contributed by atoms with Crippen LogP contribution in [-0.4, -0.2) is 12.6 Å². The second-order valence-electron chi connectivity index (χ2n) is 6.31. The molecule has 0 atom stereocenters. The van der Waals surface area contributed by atoms with Gasteiger partial charge in [0.25, 0.3) is 0 Å². The van der Waals surface area contributed by atoms with Crippen LogP contribution in [0.25, 0.3) is 0 Å². The van der Waals surface area contributed by atoms with E-state index in [1.165, 1.54) is 0 Å². The topological polar surface area (TPSA) is 26.3 Å². The number of carbonyl (C=O) groups is 1. The van der Waals surface area contributed by atoms with Crippen LogP contribution in [0, 0.1) is 10.8 Å². The predicted molar refractivity (Wildman–Crippen MR) is 63.7 cm³/mol. The van der Waals surface area contributed by atoms with Gasteiger partial charge in [0.1, 0.15) is 0 Å². The molecule has 0 aromatic rings. The van der Waals surface area contributed by atoms with E-state index in [0.29, 0.717) is 13.0 Å². The van der Waals surface area contributed by atoms with Crippen molar-refractivity contribution in [2.24, 2.45) is 10.8 Å². The second kappa shape index (κ2) is 5.53. The highest BCUT2D eigenvalue weighted by Crippen LogP contribution is 2.33. The number of hydrogen-bond acceptors (Lipinski definition) is 2. The lowest BCUT2D eigenvalue weighted by Crippen LogP contribution is -2.27. The Morgan fingerprint density at radius 2 is 1.67 bits per heavy atom. The van der Waals surface area contributed by atoms with Gasteiger partial charge in [0.2, 0.25) is 0 Å². The Hall–Kier alpha value is -0.530. The van der Waals surface area contributed by atoms with E-state index >= 15 is 0 Å². The highest BCUT2D eigenvalue weighted by atomic mass is 16.5. The first kappa shape index (κ1) is 14.5. The zero-order valence-electron chi connectivity index (χ0n) is 11.1. The molecule has 90 valence electrons. The van der Waals surface area contributed by atoms with Crippen LogP contribution in [0.2, 0.25) is 0 Å². The van der Waals surface area contributed by atoms with E-state index in [1.807, 2.05) is 6.92 Å². The summed E-state index contributed by atoms with van der Waals surface area (Å²) in [6.45, 7) is 13.5. The fourth-order valence-corrected chi connectivity index (χ4v) is 2.04. The molecular weight excluding hydrogens is 188 g/mol. The summed E-state index contributed by atoms with van der Waals surface area (Å²) in [4.78, 5) is 11.2. The van der Waals surface area contributed by atoms with E-state index in [4.69, 9.17) is 4.74 Å². The number of carbonyl (C=O) groups excluding carboxylic acids is 1. The van der Waals surface area contributed by atoms with Crippen molar-refractivity contribution in [1.82, 2.24) is 0 Å². The lowest BCUT2D eigenvalue weighted by atomic mass is 9.77. The number of esters is 1. The maximum absolute atomic E-state index is 11.2. The Morgan fingerprint density at radius 1 is 1.13 bits per heavy atom. The minimum Gasteiger partial charge on any atom is -0.465 e. The fraction of sp³-hybridized carbons (Fsp3) is 0.923. The van der Waals surface area contributed by atoms with Gasteiger partial charge in [-0.1, -0.05) is 41.5 Å². The molecule has 0 aliphatic carbocycles. The summed E-state index contributed by atoms with van der Waals surface area (Å²) in [5, 5.41) is 0. The summed E-state index contributed by atoms with van der Waals surface area (Å²) >= 11 is 0. The third-order valence-corrected chi connectivity index (χ3v) is 2.09. The van der Waals surface area contributed by atoms with E-state index in [-0.39, 0.29) is 16.8 Å². The smallest absolute Gasteiger partial charge is 0.305 e. The van der Waals surface area contributed by atoms with Crippen LogP contribution in [-0.2, 0) is 9.53 Å². The number of hydrogen-bond donors (Lipinski definition) is 0. The van der Waals surface area contributed by atoms with Crippen LogP contribution in [0.3, 0.4) is 0 Å². The van der Waals surface area contributed by atoms with Gasteiger partial charge >= 0.3 is 5.97 Å². The predicted octanol–water partition coefficient (Wildman–Crippen LogP) is 3.79. The molecule has 0 fully saturated rings. The monoisotopic (exact) mass is 214 g/mol. The van der Waals surface area contributed by atoms with Crippen LogP contribution < -0.4 is 0 Å². The van der Waals surface area contributed by atoms with Gasteiger partial charge in [-0.05, 0) is 23.7 Å². The highest BCUT2D eigenvalue weighted by molar-refractivity contribution is 5.69. The van der Waals surface area contributed by atoms with Crippen molar-refractivity contribution in [3.63, 3.8) is 0 Å².